The molecule has 0 spiro atoms. The summed E-state index contributed by atoms with van der Waals surface area (Å²) in [6, 6.07) is 0.592. The lowest BCUT2D eigenvalue weighted by Crippen LogP contribution is -2.54. The number of methoxy groups -OCH3 is 1. The van der Waals surface area contributed by atoms with Crippen LogP contribution in [0.25, 0.3) is 0 Å². The van der Waals surface area contributed by atoms with Crippen molar-refractivity contribution in [3.63, 3.8) is 0 Å². The van der Waals surface area contributed by atoms with Crippen LogP contribution in [0.3, 0.4) is 0 Å². The fourth-order valence-corrected chi connectivity index (χ4v) is 3.86. The highest BCUT2D eigenvalue weighted by atomic mass is 16.5. The molecule has 0 bridgehead atoms. The van der Waals surface area contributed by atoms with Gasteiger partial charge in [-0.1, -0.05) is 6.42 Å². The summed E-state index contributed by atoms with van der Waals surface area (Å²) in [6.07, 6.45) is 7.03. The third-order valence-electron chi connectivity index (χ3n) is 5.50. The maximum absolute atomic E-state index is 12.2. The number of nitrogens with zero attached hydrogens (tertiary/aromatic N) is 1. The minimum absolute atomic E-state index is 0.0780. The maximum atomic E-state index is 12.2. The highest BCUT2D eigenvalue weighted by Gasteiger charge is 2.48. The Balaban J connectivity index is 1.94. The van der Waals surface area contributed by atoms with Crippen LogP contribution in [-0.2, 0) is 9.53 Å². The smallest absolute Gasteiger partial charge is 0.326 e. The van der Waals surface area contributed by atoms with Gasteiger partial charge in [0.05, 0.1) is 7.11 Å². The molecule has 0 aromatic carbocycles. The van der Waals surface area contributed by atoms with Crippen LogP contribution in [0.4, 0.5) is 0 Å². The molecule has 2 aliphatic carbocycles. The van der Waals surface area contributed by atoms with Gasteiger partial charge in [-0.3, -0.25) is 4.79 Å². The van der Waals surface area contributed by atoms with Gasteiger partial charge in [-0.2, -0.15) is 0 Å². The Morgan fingerprint density at radius 3 is 2.62 bits per heavy atom. The van der Waals surface area contributed by atoms with Crippen molar-refractivity contribution in [1.82, 2.24) is 10.2 Å². The number of nitrogens with one attached hydrogen (secondary N) is 1. The van der Waals surface area contributed by atoms with Crippen LogP contribution in [0.2, 0.25) is 0 Å². The molecule has 2 fully saturated rings. The van der Waals surface area contributed by atoms with E-state index >= 15 is 0 Å². The molecule has 2 unspecified atom stereocenters. The van der Waals surface area contributed by atoms with Gasteiger partial charge in [0.15, 0.2) is 0 Å². The second kappa shape index (κ2) is 7.10. The number of likely N-dealkylation sites (N-methyl/N-ethyl adjacent to an activating group) is 1. The normalized spacial score (nSPS) is 29.3. The molecule has 21 heavy (non-hydrogen) atoms. The Labute approximate surface area is 129 Å². The van der Waals surface area contributed by atoms with E-state index in [1.807, 2.05) is 7.05 Å². The standard InChI is InChI=1S/C17H32N2O2/c1-13(2)19(12-14-7-8-14)11-9-15-6-5-10-17(15,18-3)16(20)21-4/h13-15,18H,5-12H2,1-4H3. The first kappa shape index (κ1) is 16.8. The van der Waals surface area contributed by atoms with E-state index in [2.05, 4.69) is 24.1 Å². The van der Waals surface area contributed by atoms with Crippen molar-refractivity contribution < 1.29 is 9.53 Å². The van der Waals surface area contributed by atoms with Crippen molar-refractivity contribution in [3.05, 3.63) is 0 Å². The fourth-order valence-electron chi connectivity index (χ4n) is 3.86. The monoisotopic (exact) mass is 296 g/mol. The predicted octanol–water partition coefficient (Wildman–Crippen LogP) is 2.43. The summed E-state index contributed by atoms with van der Waals surface area (Å²) in [6.45, 7) is 6.89. The number of esters is 1. The molecule has 122 valence electrons. The summed E-state index contributed by atoms with van der Waals surface area (Å²) in [5.74, 6) is 1.24. The Bertz CT molecular complexity index is 355. The second-order valence-electron chi connectivity index (χ2n) is 7.12. The highest BCUT2D eigenvalue weighted by molar-refractivity contribution is 5.81. The lowest BCUT2D eigenvalue weighted by Gasteiger charge is -2.35. The molecule has 0 aromatic rings. The van der Waals surface area contributed by atoms with Crippen molar-refractivity contribution >= 4 is 5.97 Å². The summed E-state index contributed by atoms with van der Waals surface area (Å²) < 4.78 is 5.07. The molecule has 1 N–H and O–H groups in total. The molecule has 0 aromatic heterocycles. The van der Waals surface area contributed by atoms with Gasteiger partial charge in [0.1, 0.15) is 5.54 Å². The minimum atomic E-state index is -0.447. The third-order valence-corrected chi connectivity index (χ3v) is 5.50. The van der Waals surface area contributed by atoms with Gasteiger partial charge in [-0.25, -0.2) is 0 Å². The van der Waals surface area contributed by atoms with Crippen LogP contribution in [-0.4, -0.2) is 49.7 Å². The largest absolute Gasteiger partial charge is 0.468 e. The Hall–Kier alpha value is -0.610. The van der Waals surface area contributed by atoms with Crippen molar-refractivity contribution in [2.45, 2.75) is 64.0 Å². The fraction of sp³-hybridized carbons (Fsp3) is 0.941. The molecule has 0 radical (unpaired) electrons. The molecular weight excluding hydrogens is 264 g/mol. The summed E-state index contributed by atoms with van der Waals surface area (Å²) in [5, 5.41) is 3.29. The average molecular weight is 296 g/mol. The Morgan fingerprint density at radius 2 is 2.10 bits per heavy atom. The van der Waals surface area contributed by atoms with Gasteiger partial charge in [-0.15, -0.1) is 0 Å². The number of ether oxygens (including phenoxy) is 1. The molecule has 4 heteroatoms. The molecule has 2 aliphatic rings. The zero-order valence-corrected chi connectivity index (χ0v) is 14.2. The maximum Gasteiger partial charge on any atom is 0.326 e. The number of rotatable bonds is 8. The Morgan fingerprint density at radius 1 is 1.38 bits per heavy atom. The van der Waals surface area contributed by atoms with E-state index in [-0.39, 0.29) is 5.97 Å². The van der Waals surface area contributed by atoms with E-state index in [4.69, 9.17) is 4.74 Å². The highest BCUT2D eigenvalue weighted by Crippen LogP contribution is 2.39. The molecule has 2 saturated carbocycles. The first-order chi connectivity index (χ1) is 10.0. The van der Waals surface area contributed by atoms with Crippen LogP contribution in [0.15, 0.2) is 0 Å². The molecular formula is C17H32N2O2. The van der Waals surface area contributed by atoms with E-state index in [9.17, 15) is 4.79 Å². The molecule has 2 rings (SSSR count). The zero-order valence-electron chi connectivity index (χ0n) is 14.2. The number of carbonyl (C=O) groups excluding carboxylic acids is 1. The molecule has 0 aliphatic heterocycles. The SMILES string of the molecule is CNC1(C(=O)OC)CCCC1CCN(CC1CC1)C(C)C. The lowest BCUT2D eigenvalue weighted by atomic mass is 9.84. The zero-order chi connectivity index (χ0) is 15.5. The van der Waals surface area contributed by atoms with Crippen LogP contribution in [0.5, 0.6) is 0 Å². The first-order valence-electron chi connectivity index (χ1n) is 8.55. The van der Waals surface area contributed by atoms with Gasteiger partial charge >= 0.3 is 5.97 Å². The summed E-state index contributed by atoms with van der Waals surface area (Å²) in [7, 11) is 3.41. The Kier molecular flexibility index (Phi) is 5.67. The van der Waals surface area contributed by atoms with Crippen LogP contribution in [0, 0.1) is 11.8 Å². The van der Waals surface area contributed by atoms with Crippen molar-refractivity contribution in [2.24, 2.45) is 11.8 Å². The molecule has 4 nitrogen and oxygen atoms in total. The quantitative estimate of drug-likeness (QED) is 0.699. The first-order valence-corrected chi connectivity index (χ1v) is 8.55. The number of carbonyl (C=O) groups is 1. The summed E-state index contributed by atoms with van der Waals surface area (Å²) in [4.78, 5) is 14.8. The predicted molar refractivity (Wildman–Crippen MR) is 85.2 cm³/mol. The summed E-state index contributed by atoms with van der Waals surface area (Å²) >= 11 is 0. The van der Waals surface area contributed by atoms with E-state index in [1.54, 1.807) is 0 Å². The van der Waals surface area contributed by atoms with Gasteiger partial charge in [0.25, 0.3) is 0 Å². The van der Waals surface area contributed by atoms with E-state index in [0.29, 0.717) is 12.0 Å². The van der Waals surface area contributed by atoms with Crippen LogP contribution in [0.1, 0.15) is 52.4 Å². The number of hydrogen-bond acceptors (Lipinski definition) is 4. The molecule has 2 atom stereocenters. The van der Waals surface area contributed by atoms with E-state index in [1.165, 1.54) is 26.5 Å². The lowest BCUT2D eigenvalue weighted by molar-refractivity contribution is -0.150. The van der Waals surface area contributed by atoms with Crippen molar-refractivity contribution in [3.8, 4) is 0 Å². The van der Waals surface area contributed by atoms with Crippen LogP contribution < -0.4 is 5.32 Å². The molecule has 0 heterocycles. The molecule has 0 saturated heterocycles. The van der Waals surface area contributed by atoms with E-state index < -0.39 is 5.54 Å². The van der Waals surface area contributed by atoms with E-state index in [0.717, 1.165) is 38.1 Å². The average Bonchev–Trinajstić information content (AvgIpc) is 3.20. The van der Waals surface area contributed by atoms with Gasteiger partial charge in [0, 0.05) is 12.6 Å². The van der Waals surface area contributed by atoms with Crippen molar-refractivity contribution in [1.29, 1.82) is 0 Å². The molecule has 0 amide bonds. The van der Waals surface area contributed by atoms with Gasteiger partial charge in [0.2, 0.25) is 0 Å². The second-order valence-corrected chi connectivity index (χ2v) is 7.12. The summed E-state index contributed by atoms with van der Waals surface area (Å²) in [5.41, 5.74) is -0.447. The minimum Gasteiger partial charge on any atom is -0.468 e. The van der Waals surface area contributed by atoms with Gasteiger partial charge < -0.3 is 15.0 Å². The third kappa shape index (κ3) is 3.78. The van der Waals surface area contributed by atoms with Crippen molar-refractivity contribution in [2.75, 3.05) is 27.2 Å². The number of hydrogen-bond donors (Lipinski definition) is 1. The van der Waals surface area contributed by atoms with Crippen LogP contribution >= 0.6 is 0 Å². The topological polar surface area (TPSA) is 41.6 Å². The van der Waals surface area contributed by atoms with Gasteiger partial charge in [-0.05, 0) is 71.4 Å².